The van der Waals surface area contributed by atoms with Crippen LogP contribution in [0.4, 0.5) is 24.8 Å². The highest BCUT2D eigenvalue weighted by Crippen LogP contribution is 2.29. The van der Waals surface area contributed by atoms with Gasteiger partial charge < -0.3 is 20.3 Å². The van der Waals surface area contributed by atoms with Crippen molar-refractivity contribution in [2.45, 2.75) is 38.3 Å². The van der Waals surface area contributed by atoms with E-state index in [1.165, 1.54) is 22.3 Å². The number of alkyl halides is 2. The zero-order valence-corrected chi connectivity index (χ0v) is 21.4. The van der Waals surface area contributed by atoms with Crippen molar-refractivity contribution >= 4 is 22.7 Å². The molecule has 4 heterocycles. The molecule has 0 amide bonds. The normalized spacial score (nSPS) is 18.7. The van der Waals surface area contributed by atoms with Crippen LogP contribution in [-0.2, 0) is 4.74 Å². The standard InChI is InChI=1S/C27H29F3N8O/c1-16-2-5-18(6-3-16)32-19-8-11-37(12-9-19)26-34-24(22-15-31-10-13-39-22)35-27(36-26)38-21-7-4-17(28)14-20(21)33-25(38)23(29)30/h2-7,14,19,22-23,31-32H,8-13,15H2,1H3. The molecular formula is C27H29F3N8O. The first kappa shape index (κ1) is 25.5. The zero-order chi connectivity index (χ0) is 26.9. The van der Waals surface area contributed by atoms with Gasteiger partial charge in [-0.1, -0.05) is 17.7 Å². The smallest absolute Gasteiger partial charge is 0.296 e. The lowest BCUT2D eigenvalue weighted by atomic mass is 10.0. The third-order valence-electron chi connectivity index (χ3n) is 7.08. The number of ether oxygens (including phenoxy) is 1. The number of morpholine rings is 1. The van der Waals surface area contributed by atoms with E-state index in [1.54, 1.807) is 0 Å². The summed E-state index contributed by atoms with van der Waals surface area (Å²) in [4.78, 5) is 19.9. The number of hydrogen-bond acceptors (Lipinski definition) is 8. The predicted molar refractivity (Wildman–Crippen MR) is 141 cm³/mol. The average molecular weight is 539 g/mol. The molecule has 0 radical (unpaired) electrons. The molecular weight excluding hydrogens is 509 g/mol. The quantitative estimate of drug-likeness (QED) is 0.375. The van der Waals surface area contributed by atoms with E-state index >= 15 is 0 Å². The summed E-state index contributed by atoms with van der Waals surface area (Å²) in [7, 11) is 0. The van der Waals surface area contributed by atoms with E-state index in [0.717, 1.165) is 24.6 Å². The molecule has 2 saturated heterocycles. The van der Waals surface area contributed by atoms with Crippen LogP contribution in [-0.4, -0.2) is 63.3 Å². The van der Waals surface area contributed by atoms with Crippen LogP contribution in [0.5, 0.6) is 0 Å². The zero-order valence-electron chi connectivity index (χ0n) is 21.4. The third-order valence-corrected chi connectivity index (χ3v) is 7.08. The monoisotopic (exact) mass is 538 g/mol. The van der Waals surface area contributed by atoms with Gasteiger partial charge in [-0.05, 0) is 44.0 Å². The van der Waals surface area contributed by atoms with Gasteiger partial charge in [-0.15, -0.1) is 0 Å². The summed E-state index contributed by atoms with van der Waals surface area (Å²) in [5.74, 6) is -0.363. The highest BCUT2D eigenvalue weighted by Gasteiger charge is 2.28. The fourth-order valence-corrected chi connectivity index (χ4v) is 5.02. The molecule has 4 aromatic rings. The average Bonchev–Trinajstić information content (AvgIpc) is 3.34. The Balaban J connectivity index is 1.33. The van der Waals surface area contributed by atoms with Crippen LogP contribution in [0.3, 0.4) is 0 Å². The molecule has 12 heteroatoms. The van der Waals surface area contributed by atoms with Gasteiger partial charge in [0.2, 0.25) is 11.9 Å². The number of aromatic nitrogens is 5. The first-order valence-corrected chi connectivity index (χ1v) is 13.1. The first-order chi connectivity index (χ1) is 18.9. The van der Waals surface area contributed by atoms with Crippen LogP contribution in [0, 0.1) is 12.7 Å². The molecule has 2 aromatic carbocycles. The minimum absolute atomic E-state index is 0.00786. The minimum atomic E-state index is -2.92. The number of benzene rings is 2. The lowest BCUT2D eigenvalue weighted by Crippen LogP contribution is -2.40. The highest BCUT2D eigenvalue weighted by molar-refractivity contribution is 5.77. The van der Waals surface area contributed by atoms with Gasteiger partial charge in [-0.3, -0.25) is 4.57 Å². The Morgan fingerprint density at radius 3 is 2.49 bits per heavy atom. The second kappa shape index (κ2) is 10.8. The number of fused-ring (bicyclic) bond motifs is 1. The van der Waals surface area contributed by atoms with Crippen molar-refractivity contribution in [3.05, 3.63) is 65.5 Å². The van der Waals surface area contributed by atoms with Gasteiger partial charge in [-0.2, -0.15) is 15.0 Å². The van der Waals surface area contributed by atoms with E-state index in [1.807, 2.05) is 4.90 Å². The lowest BCUT2D eigenvalue weighted by Gasteiger charge is -2.33. The van der Waals surface area contributed by atoms with Crippen LogP contribution in [0.1, 0.15) is 42.6 Å². The number of imidazole rings is 1. The largest absolute Gasteiger partial charge is 0.382 e. The molecule has 6 rings (SSSR count). The fraction of sp³-hybridized carbons (Fsp3) is 0.407. The Kier molecular flexibility index (Phi) is 7.05. The van der Waals surface area contributed by atoms with Crippen LogP contribution < -0.4 is 15.5 Å². The molecule has 0 bridgehead atoms. The number of rotatable bonds is 6. The number of halogens is 3. The molecule has 2 aliphatic rings. The van der Waals surface area contributed by atoms with Crippen LogP contribution in [0.25, 0.3) is 17.0 Å². The highest BCUT2D eigenvalue weighted by atomic mass is 19.3. The van der Waals surface area contributed by atoms with Crippen molar-refractivity contribution in [3.63, 3.8) is 0 Å². The predicted octanol–water partition coefficient (Wildman–Crippen LogP) is 4.34. The van der Waals surface area contributed by atoms with E-state index < -0.39 is 24.2 Å². The molecule has 0 spiro atoms. The summed E-state index contributed by atoms with van der Waals surface area (Å²) in [6.45, 7) is 5.08. The molecule has 2 fully saturated rings. The SMILES string of the molecule is Cc1ccc(NC2CCN(c3nc(C4CNCCO4)nc(-n4c(C(F)F)nc5cc(F)ccc54)n3)CC2)cc1. The number of nitrogens with one attached hydrogen (secondary N) is 2. The first-order valence-electron chi connectivity index (χ1n) is 13.1. The molecule has 2 aromatic heterocycles. The number of hydrogen-bond donors (Lipinski definition) is 2. The van der Waals surface area contributed by atoms with Crippen LogP contribution in [0.15, 0.2) is 42.5 Å². The van der Waals surface area contributed by atoms with E-state index in [9.17, 15) is 13.2 Å². The topological polar surface area (TPSA) is 93.0 Å². The number of nitrogens with zero attached hydrogens (tertiary/aromatic N) is 6. The maximum absolute atomic E-state index is 14.1. The van der Waals surface area contributed by atoms with Gasteiger partial charge >= 0.3 is 0 Å². The summed E-state index contributed by atoms with van der Waals surface area (Å²) < 4.78 is 49.2. The Bertz CT molecular complexity index is 1450. The summed E-state index contributed by atoms with van der Waals surface area (Å²) in [6, 6.07) is 12.3. The van der Waals surface area contributed by atoms with Gasteiger partial charge in [0.15, 0.2) is 11.6 Å². The Morgan fingerprint density at radius 1 is 1.00 bits per heavy atom. The molecule has 0 saturated carbocycles. The van der Waals surface area contributed by atoms with Crippen molar-refractivity contribution in [2.24, 2.45) is 0 Å². The molecule has 39 heavy (non-hydrogen) atoms. The Labute approximate surface area is 223 Å². The van der Waals surface area contributed by atoms with Gasteiger partial charge in [0, 0.05) is 44.0 Å². The maximum atomic E-state index is 14.1. The molecule has 0 aliphatic carbocycles. The van der Waals surface area contributed by atoms with Crippen molar-refractivity contribution in [1.29, 1.82) is 0 Å². The van der Waals surface area contributed by atoms with Crippen molar-refractivity contribution in [3.8, 4) is 5.95 Å². The Hall–Kier alpha value is -3.77. The van der Waals surface area contributed by atoms with Crippen molar-refractivity contribution < 1.29 is 17.9 Å². The summed E-state index contributed by atoms with van der Waals surface area (Å²) in [5, 5.41) is 6.84. The van der Waals surface area contributed by atoms with E-state index in [0.29, 0.717) is 50.1 Å². The number of anilines is 2. The van der Waals surface area contributed by atoms with E-state index in [-0.39, 0.29) is 17.5 Å². The molecule has 204 valence electrons. The van der Waals surface area contributed by atoms with Gasteiger partial charge in [0.1, 0.15) is 11.9 Å². The number of piperidine rings is 1. The molecule has 1 unspecified atom stereocenters. The lowest BCUT2D eigenvalue weighted by molar-refractivity contribution is 0.0220. The summed E-state index contributed by atoms with van der Waals surface area (Å²) in [6.07, 6.45) is -1.68. The summed E-state index contributed by atoms with van der Waals surface area (Å²) in [5.41, 5.74) is 2.68. The van der Waals surface area contributed by atoms with Gasteiger partial charge in [0.25, 0.3) is 6.43 Å². The molecule has 2 N–H and O–H groups in total. The second-order valence-corrected chi connectivity index (χ2v) is 9.87. The van der Waals surface area contributed by atoms with Crippen molar-refractivity contribution in [2.75, 3.05) is 43.0 Å². The maximum Gasteiger partial charge on any atom is 0.296 e. The molecule has 1 atom stereocenters. The van der Waals surface area contributed by atoms with Crippen LogP contribution in [0.2, 0.25) is 0 Å². The summed E-state index contributed by atoms with van der Waals surface area (Å²) >= 11 is 0. The number of aryl methyl sites for hydroxylation is 1. The van der Waals surface area contributed by atoms with Crippen LogP contribution >= 0.6 is 0 Å². The van der Waals surface area contributed by atoms with Gasteiger partial charge in [-0.25, -0.2) is 18.2 Å². The fourth-order valence-electron chi connectivity index (χ4n) is 5.02. The Morgan fingerprint density at radius 2 is 1.77 bits per heavy atom. The van der Waals surface area contributed by atoms with Crippen molar-refractivity contribution in [1.82, 2.24) is 29.8 Å². The van der Waals surface area contributed by atoms with E-state index in [2.05, 4.69) is 56.8 Å². The van der Waals surface area contributed by atoms with Gasteiger partial charge in [0.05, 0.1) is 17.6 Å². The third kappa shape index (κ3) is 5.39. The van der Waals surface area contributed by atoms with E-state index in [4.69, 9.17) is 9.72 Å². The molecule has 9 nitrogen and oxygen atoms in total. The molecule has 2 aliphatic heterocycles. The second-order valence-electron chi connectivity index (χ2n) is 9.87. The minimum Gasteiger partial charge on any atom is -0.382 e.